The molecule has 1 atom stereocenters. The van der Waals surface area contributed by atoms with Gasteiger partial charge in [0.15, 0.2) is 0 Å². The van der Waals surface area contributed by atoms with Crippen LogP contribution >= 0.6 is 0 Å². The molecule has 0 aliphatic carbocycles. The van der Waals surface area contributed by atoms with E-state index >= 15 is 0 Å². The topological polar surface area (TPSA) is 29.4 Å². The maximum atomic E-state index is 11.9. The quantitative estimate of drug-likeness (QED) is 0.420. The monoisotopic (exact) mass is 129 g/mol. The maximum Gasteiger partial charge on any atom is 0.235 e. The van der Waals surface area contributed by atoms with Crippen molar-refractivity contribution in [3.05, 3.63) is 12.4 Å². The average Bonchev–Trinajstić information content (AvgIpc) is 1.63. The van der Waals surface area contributed by atoms with Crippen molar-refractivity contribution in [2.45, 2.75) is 19.4 Å². The van der Waals surface area contributed by atoms with Crippen LogP contribution in [0, 0.1) is 0 Å². The summed E-state index contributed by atoms with van der Waals surface area (Å²) in [4.78, 5) is 12.8. The second kappa shape index (κ2) is 3.98. The molecule has 0 bridgehead atoms. The van der Waals surface area contributed by atoms with E-state index in [4.69, 9.17) is 0 Å². The number of aliphatic imine (C=N–C) groups is 1. The summed E-state index contributed by atoms with van der Waals surface area (Å²) >= 11 is 0. The standard InChI is InChI=1S/C6H8FNO/c1-5(7)3-6(2)8-4-9/h6H,1,3H2,2H3. The predicted molar refractivity (Wildman–Crippen MR) is 32.4 cm³/mol. The summed E-state index contributed by atoms with van der Waals surface area (Å²) in [5.74, 6) is -0.457. The normalized spacial score (nSPS) is 11.8. The fourth-order valence-corrected chi connectivity index (χ4v) is 0.456. The fourth-order valence-electron chi connectivity index (χ4n) is 0.456. The van der Waals surface area contributed by atoms with Gasteiger partial charge in [-0.15, -0.1) is 0 Å². The van der Waals surface area contributed by atoms with Gasteiger partial charge in [0.25, 0.3) is 0 Å². The highest BCUT2D eigenvalue weighted by molar-refractivity contribution is 5.33. The van der Waals surface area contributed by atoms with E-state index in [0.29, 0.717) is 0 Å². The number of isocyanates is 1. The highest BCUT2D eigenvalue weighted by Crippen LogP contribution is 2.05. The van der Waals surface area contributed by atoms with Crippen LogP contribution in [0.15, 0.2) is 17.4 Å². The molecule has 0 aliphatic heterocycles. The Hall–Kier alpha value is -0.950. The minimum Gasteiger partial charge on any atom is -0.212 e. The minimum absolute atomic E-state index is 0.106. The van der Waals surface area contributed by atoms with Gasteiger partial charge in [-0.2, -0.15) is 0 Å². The molecule has 50 valence electrons. The van der Waals surface area contributed by atoms with Crippen LogP contribution in [0.4, 0.5) is 4.39 Å². The molecule has 2 nitrogen and oxygen atoms in total. The lowest BCUT2D eigenvalue weighted by molar-refractivity contribution is 0.540. The number of rotatable bonds is 3. The molecular weight excluding hydrogens is 121 g/mol. The van der Waals surface area contributed by atoms with Crippen LogP contribution in [0.25, 0.3) is 0 Å². The third-order valence-electron chi connectivity index (χ3n) is 0.790. The van der Waals surface area contributed by atoms with E-state index in [1.54, 1.807) is 6.92 Å². The summed E-state index contributed by atoms with van der Waals surface area (Å²) in [7, 11) is 0. The zero-order valence-electron chi connectivity index (χ0n) is 5.22. The minimum atomic E-state index is -0.457. The molecule has 9 heavy (non-hydrogen) atoms. The molecule has 0 aliphatic rings. The van der Waals surface area contributed by atoms with E-state index in [1.807, 2.05) is 0 Å². The Morgan fingerprint density at radius 2 is 2.56 bits per heavy atom. The van der Waals surface area contributed by atoms with Gasteiger partial charge in [-0.3, -0.25) is 0 Å². The van der Waals surface area contributed by atoms with Crippen LogP contribution in [-0.2, 0) is 4.79 Å². The lowest BCUT2D eigenvalue weighted by atomic mass is 10.2. The molecule has 0 saturated carbocycles. The number of hydrogen-bond acceptors (Lipinski definition) is 2. The summed E-state index contributed by atoms with van der Waals surface area (Å²) in [5, 5.41) is 0. The van der Waals surface area contributed by atoms with Gasteiger partial charge in [0, 0.05) is 6.42 Å². The Morgan fingerprint density at radius 3 is 2.89 bits per heavy atom. The second-order valence-corrected chi connectivity index (χ2v) is 1.79. The molecule has 0 radical (unpaired) electrons. The lowest BCUT2D eigenvalue weighted by Gasteiger charge is -1.97. The van der Waals surface area contributed by atoms with Crippen LogP contribution in [0.3, 0.4) is 0 Å². The van der Waals surface area contributed by atoms with E-state index in [2.05, 4.69) is 11.6 Å². The van der Waals surface area contributed by atoms with Crippen molar-refractivity contribution in [2.24, 2.45) is 4.99 Å². The third kappa shape index (κ3) is 4.91. The Morgan fingerprint density at radius 1 is 2.00 bits per heavy atom. The van der Waals surface area contributed by atoms with Crippen LogP contribution in [0.5, 0.6) is 0 Å². The molecule has 0 spiro atoms. The molecule has 0 amide bonds. The van der Waals surface area contributed by atoms with Gasteiger partial charge >= 0.3 is 0 Å². The van der Waals surface area contributed by atoms with E-state index in [1.165, 1.54) is 6.08 Å². The molecule has 0 heterocycles. The Kier molecular flexibility index (Phi) is 3.56. The number of halogens is 1. The van der Waals surface area contributed by atoms with Crippen molar-refractivity contribution in [1.82, 2.24) is 0 Å². The van der Waals surface area contributed by atoms with Crippen molar-refractivity contribution in [1.29, 1.82) is 0 Å². The molecule has 0 N–H and O–H groups in total. The zero-order chi connectivity index (χ0) is 7.28. The first-order valence-electron chi connectivity index (χ1n) is 2.57. The van der Waals surface area contributed by atoms with Crippen molar-refractivity contribution < 1.29 is 9.18 Å². The highest BCUT2D eigenvalue weighted by Gasteiger charge is 1.99. The second-order valence-electron chi connectivity index (χ2n) is 1.79. The van der Waals surface area contributed by atoms with Crippen LogP contribution in [-0.4, -0.2) is 12.1 Å². The molecule has 0 aromatic rings. The lowest BCUT2D eigenvalue weighted by Crippen LogP contribution is -1.95. The number of carbonyl (C=O) groups excluding carboxylic acids is 1. The smallest absolute Gasteiger partial charge is 0.212 e. The first-order valence-corrected chi connectivity index (χ1v) is 2.57. The van der Waals surface area contributed by atoms with Crippen molar-refractivity contribution in [3.63, 3.8) is 0 Å². The molecule has 0 rings (SSSR count). The summed E-state index contributed by atoms with van der Waals surface area (Å²) in [6, 6.07) is -0.333. The molecule has 3 heteroatoms. The highest BCUT2D eigenvalue weighted by atomic mass is 19.1. The fraction of sp³-hybridized carbons (Fsp3) is 0.500. The Balaban J connectivity index is 3.62. The first kappa shape index (κ1) is 8.05. The average molecular weight is 129 g/mol. The van der Waals surface area contributed by atoms with Crippen LogP contribution in [0.2, 0.25) is 0 Å². The van der Waals surface area contributed by atoms with Crippen molar-refractivity contribution in [3.8, 4) is 0 Å². The number of hydrogen-bond donors (Lipinski definition) is 0. The van der Waals surface area contributed by atoms with E-state index < -0.39 is 5.83 Å². The van der Waals surface area contributed by atoms with Gasteiger partial charge in [0.1, 0.15) is 0 Å². The summed E-state index contributed by atoms with van der Waals surface area (Å²) in [5.41, 5.74) is 0. The van der Waals surface area contributed by atoms with E-state index in [9.17, 15) is 9.18 Å². The van der Waals surface area contributed by atoms with Gasteiger partial charge in [0.2, 0.25) is 6.08 Å². The third-order valence-corrected chi connectivity index (χ3v) is 0.790. The molecule has 0 fully saturated rings. The first-order chi connectivity index (χ1) is 4.16. The van der Waals surface area contributed by atoms with Gasteiger partial charge in [-0.25, -0.2) is 14.2 Å². The maximum absolute atomic E-state index is 11.9. The molecular formula is C6H8FNO. The van der Waals surface area contributed by atoms with Gasteiger partial charge in [-0.1, -0.05) is 6.58 Å². The predicted octanol–water partition coefficient (Wildman–Crippen LogP) is 1.58. The summed E-state index contributed by atoms with van der Waals surface area (Å²) in [6.07, 6.45) is 1.45. The van der Waals surface area contributed by atoms with Crippen molar-refractivity contribution in [2.75, 3.05) is 0 Å². The number of nitrogens with zero attached hydrogens (tertiary/aromatic N) is 1. The molecule has 1 unspecified atom stereocenters. The SMILES string of the molecule is C=C(F)CC(C)N=C=O. The molecule has 0 saturated heterocycles. The van der Waals surface area contributed by atoms with Gasteiger partial charge in [0.05, 0.1) is 11.9 Å². The Bertz CT molecular complexity index is 149. The largest absolute Gasteiger partial charge is 0.235 e. The van der Waals surface area contributed by atoms with E-state index in [0.717, 1.165) is 0 Å². The Labute approximate surface area is 53.1 Å². The zero-order valence-corrected chi connectivity index (χ0v) is 5.22. The van der Waals surface area contributed by atoms with Gasteiger partial charge in [-0.05, 0) is 6.92 Å². The molecule has 0 aromatic heterocycles. The van der Waals surface area contributed by atoms with Crippen molar-refractivity contribution >= 4 is 6.08 Å². The van der Waals surface area contributed by atoms with Crippen LogP contribution < -0.4 is 0 Å². The summed E-state index contributed by atoms with van der Waals surface area (Å²) in [6.45, 7) is 4.64. The van der Waals surface area contributed by atoms with Crippen LogP contribution in [0.1, 0.15) is 13.3 Å². The van der Waals surface area contributed by atoms with E-state index in [-0.39, 0.29) is 12.5 Å². The molecule has 0 aromatic carbocycles. The van der Waals surface area contributed by atoms with Gasteiger partial charge < -0.3 is 0 Å². The summed E-state index contributed by atoms with van der Waals surface area (Å²) < 4.78 is 11.9.